The summed E-state index contributed by atoms with van der Waals surface area (Å²) in [5.41, 5.74) is 2.33. The molecule has 0 unspecified atom stereocenters. The molecule has 0 aliphatic carbocycles. The molecule has 110 valence electrons. The van der Waals surface area contributed by atoms with Crippen LogP contribution in [0.2, 0.25) is 0 Å². The number of nitrogens with one attached hydrogen (secondary N) is 1. The Kier molecular flexibility index (Phi) is 2.96. The minimum absolute atomic E-state index is 0.157. The van der Waals surface area contributed by atoms with Gasteiger partial charge in [0.1, 0.15) is 0 Å². The average Bonchev–Trinajstić information content (AvgIpc) is 3.10. The predicted octanol–water partition coefficient (Wildman–Crippen LogP) is 0.396. The second-order valence-corrected chi connectivity index (χ2v) is 6.26. The summed E-state index contributed by atoms with van der Waals surface area (Å²) in [6.45, 7) is 2.90. The lowest BCUT2D eigenvalue weighted by Gasteiger charge is -2.22. The Morgan fingerprint density at radius 1 is 1.29 bits per heavy atom. The van der Waals surface area contributed by atoms with Gasteiger partial charge in [-0.3, -0.25) is 14.5 Å². The SMILES string of the molecule is O=C1C[C@H]2CN(CC(=O)N3CCc4ccccc43)C[C@H]2N1. The van der Waals surface area contributed by atoms with Crippen LogP contribution in [0.15, 0.2) is 24.3 Å². The topological polar surface area (TPSA) is 52.7 Å². The number of carbonyl (C=O) groups is 2. The van der Waals surface area contributed by atoms with Crippen molar-refractivity contribution in [1.29, 1.82) is 0 Å². The van der Waals surface area contributed by atoms with E-state index >= 15 is 0 Å². The van der Waals surface area contributed by atoms with Crippen LogP contribution in [0, 0.1) is 5.92 Å². The van der Waals surface area contributed by atoms with Crippen molar-refractivity contribution in [3.63, 3.8) is 0 Å². The molecule has 2 amide bonds. The molecule has 0 spiro atoms. The first kappa shape index (κ1) is 12.8. The third-order valence-electron chi connectivity index (χ3n) is 4.86. The average molecular weight is 285 g/mol. The van der Waals surface area contributed by atoms with Gasteiger partial charge >= 0.3 is 0 Å². The lowest BCUT2D eigenvalue weighted by Crippen LogP contribution is -2.40. The molecular weight excluding hydrogens is 266 g/mol. The van der Waals surface area contributed by atoms with Gasteiger partial charge in [0.2, 0.25) is 11.8 Å². The van der Waals surface area contributed by atoms with Gasteiger partial charge in [-0.15, -0.1) is 0 Å². The molecule has 3 aliphatic heterocycles. The van der Waals surface area contributed by atoms with E-state index in [1.54, 1.807) is 0 Å². The highest BCUT2D eigenvalue weighted by atomic mass is 16.2. The van der Waals surface area contributed by atoms with Crippen molar-refractivity contribution in [2.45, 2.75) is 18.9 Å². The summed E-state index contributed by atoms with van der Waals surface area (Å²) < 4.78 is 0. The standard InChI is InChI=1S/C16H19N3O2/c20-15-7-12-8-18(9-13(12)17-15)10-16(21)19-6-5-11-3-1-2-4-14(11)19/h1-4,12-13H,5-10H2,(H,17,20)/t12-,13+/m0/s1. The lowest BCUT2D eigenvalue weighted by molar-refractivity contribution is -0.119. The summed E-state index contributed by atoms with van der Waals surface area (Å²) in [7, 11) is 0. The lowest BCUT2D eigenvalue weighted by atomic mass is 10.1. The van der Waals surface area contributed by atoms with E-state index < -0.39 is 0 Å². The maximum atomic E-state index is 12.5. The maximum absolute atomic E-state index is 12.5. The van der Waals surface area contributed by atoms with Gasteiger partial charge in [-0.1, -0.05) is 18.2 Å². The number of carbonyl (C=O) groups excluding carboxylic acids is 2. The molecule has 1 N–H and O–H groups in total. The van der Waals surface area contributed by atoms with E-state index in [4.69, 9.17) is 0 Å². The smallest absolute Gasteiger partial charge is 0.241 e. The third kappa shape index (κ3) is 2.21. The summed E-state index contributed by atoms with van der Waals surface area (Å²) in [6.07, 6.45) is 1.56. The van der Waals surface area contributed by atoms with Crippen molar-refractivity contribution in [3.8, 4) is 0 Å². The zero-order valence-corrected chi connectivity index (χ0v) is 11.9. The monoisotopic (exact) mass is 285 g/mol. The summed E-state index contributed by atoms with van der Waals surface area (Å²) in [4.78, 5) is 28.0. The van der Waals surface area contributed by atoms with Crippen LogP contribution in [-0.4, -0.2) is 48.9 Å². The number of hydrogen-bond donors (Lipinski definition) is 1. The molecule has 5 nitrogen and oxygen atoms in total. The number of anilines is 1. The molecule has 1 aromatic rings. The molecule has 1 aromatic carbocycles. The van der Waals surface area contributed by atoms with Crippen LogP contribution in [0.4, 0.5) is 5.69 Å². The molecule has 5 heteroatoms. The van der Waals surface area contributed by atoms with E-state index in [9.17, 15) is 9.59 Å². The number of para-hydroxylation sites is 1. The van der Waals surface area contributed by atoms with Gasteiger partial charge in [0.05, 0.1) is 6.54 Å². The third-order valence-corrected chi connectivity index (χ3v) is 4.86. The van der Waals surface area contributed by atoms with E-state index in [-0.39, 0.29) is 17.9 Å². The molecule has 3 aliphatic rings. The molecule has 0 bridgehead atoms. The molecule has 2 fully saturated rings. The highest BCUT2D eigenvalue weighted by Gasteiger charge is 2.40. The van der Waals surface area contributed by atoms with Crippen molar-refractivity contribution in [2.24, 2.45) is 5.92 Å². The first-order valence-electron chi connectivity index (χ1n) is 7.61. The second-order valence-electron chi connectivity index (χ2n) is 6.26. The fraction of sp³-hybridized carbons (Fsp3) is 0.500. The fourth-order valence-electron chi connectivity index (χ4n) is 3.84. The van der Waals surface area contributed by atoms with Gasteiger partial charge in [-0.05, 0) is 18.1 Å². The Balaban J connectivity index is 1.41. The van der Waals surface area contributed by atoms with Crippen molar-refractivity contribution in [1.82, 2.24) is 10.2 Å². The number of amides is 2. The highest BCUT2D eigenvalue weighted by molar-refractivity contribution is 5.96. The van der Waals surface area contributed by atoms with Crippen LogP contribution >= 0.6 is 0 Å². The van der Waals surface area contributed by atoms with Gasteiger partial charge in [0.15, 0.2) is 0 Å². The van der Waals surface area contributed by atoms with Crippen LogP contribution in [-0.2, 0) is 16.0 Å². The van der Waals surface area contributed by atoms with Gasteiger partial charge in [0, 0.05) is 43.7 Å². The van der Waals surface area contributed by atoms with Crippen LogP contribution in [0.25, 0.3) is 0 Å². The van der Waals surface area contributed by atoms with Crippen LogP contribution in [0.1, 0.15) is 12.0 Å². The first-order chi connectivity index (χ1) is 10.2. The molecule has 2 atom stereocenters. The van der Waals surface area contributed by atoms with E-state index in [1.165, 1.54) is 5.56 Å². The van der Waals surface area contributed by atoms with Crippen LogP contribution < -0.4 is 10.2 Å². The highest BCUT2D eigenvalue weighted by Crippen LogP contribution is 2.29. The van der Waals surface area contributed by atoms with Crippen molar-refractivity contribution < 1.29 is 9.59 Å². The van der Waals surface area contributed by atoms with Gasteiger partial charge in [-0.2, -0.15) is 0 Å². The number of fused-ring (bicyclic) bond motifs is 2. The van der Waals surface area contributed by atoms with Gasteiger partial charge in [0.25, 0.3) is 0 Å². The zero-order chi connectivity index (χ0) is 14.4. The summed E-state index contributed by atoms with van der Waals surface area (Å²) in [6, 6.07) is 8.38. The van der Waals surface area contributed by atoms with Crippen LogP contribution in [0.3, 0.4) is 0 Å². The minimum Gasteiger partial charge on any atom is -0.352 e. The zero-order valence-electron chi connectivity index (χ0n) is 11.9. The first-order valence-corrected chi connectivity index (χ1v) is 7.61. The quantitative estimate of drug-likeness (QED) is 0.855. The summed E-state index contributed by atoms with van der Waals surface area (Å²) >= 11 is 0. The van der Waals surface area contributed by atoms with Gasteiger partial charge in [-0.25, -0.2) is 0 Å². The molecule has 0 saturated carbocycles. The number of rotatable bonds is 2. The number of nitrogens with zero attached hydrogens (tertiary/aromatic N) is 2. The number of benzene rings is 1. The van der Waals surface area contributed by atoms with Crippen LogP contribution in [0.5, 0.6) is 0 Å². The number of hydrogen-bond acceptors (Lipinski definition) is 3. The molecule has 0 radical (unpaired) electrons. The second kappa shape index (κ2) is 4.84. The minimum atomic E-state index is 0.157. The Morgan fingerprint density at radius 2 is 2.14 bits per heavy atom. The molecule has 2 saturated heterocycles. The van der Waals surface area contributed by atoms with E-state index in [1.807, 2.05) is 23.1 Å². The molecule has 0 aromatic heterocycles. The molecular formula is C16H19N3O2. The normalized spacial score (nSPS) is 27.6. The Labute approximate surface area is 123 Å². The largest absolute Gasteiger partial charge is 0.352 e. The van der Waals surface area contributed by atoms with Crippen molar-refractivity contribution in [3.05, 3.63) is 29.8 Å². The van der Waals surface area contributed by atoms with Crippen molar-refractivity contribution in [2.75, 3.05) is 31.1 Å². The summed E-state index contributed by atoms with van der Waals surface area (Å²) in [5, 5.41) is 3.00. The fourth-order valence-corrected chi connectivity index (χ4v) is 3.84. The Bertz CT molecular complexity index is 585. The summed E-state index contributed by atoms with van der Waals surface area (Å²) in [5.74, 6) is 0.715. The van der Waals surface area contributed by atoms with E-state index in [2.05, 4.69) is 16.3 Å². The van der Waals surface area contributed by atoms with E-state index in [0.717, 1.165) is 31.7 Å². The van der Waals surface area contributed by atoms with Crippen molar-refractivity contribution >= 4 is 17.5 Å². The number of likely N-dealkylation sites (tertiary alicyclic amines) is 1. The van der Waals surface area contributed by atoms with E-state index in [0.29, 0.717) is 18.9 Å². The Hall–Kier alpha value is -1.88. The maximum Gasteiger partial charge on any atom is 0.241 e. The molecule has 21 heavy (non-hydrogen) atoms. The Morgan fingerprint density at radius 3 is 3.00 bits per heavy atom. The molecule has 3 heterocycles. The van der Waals surface area contributed by atoms with Gasteiger partial charge < -0.3 is 10.2 Å². The molecule has 4 rings (SSSR count). The predicted molar refractivity (Wildman–Crippen MR) is 79.0 cm³/mol.